The first-order valence-corrected chi connectivity index (χ1v) is 7.76. The number of para-hydroxylation sites is 1. The summed E-state index contributed by atoms with van der Waals surface area (Å²) in [6, 6.07) is 11.8. The van der Waals surface area contributed by atoms with Gasteiger partial charge >= 0.3 is 0 Å². The van der Waals surface area contributed by atoms with Gasteiger partial charge in [-0.05, 0) is 36.9 Å². The molecule has 4 nitrogen and oxygen atoms in total. The average molecular weight is 289 g/mol. The van der Waals surface area contributed by atoms with E-state index in [1.54, 1.807) is 11.8 Å². The van der Waals surface area contributed by atoms with Crippen LogP contribution in [-0.4, -0.2) is 17.8 Å². The van der Waals surface area contributed by atoms with E-state index in [1.807, 2.05) is 43.5 Å². The Morgan fingerprint density at radius 3 is 2.80 bits per heavy atom. The molecule has 3 N–H and O–H groups in total. The molecule has 0 atom stereocenters. The Morgan fingerprint density at radius 1 is 1.25 bits per heavy atom. The summed E-state index contributed by atoms with van der Waals surface area (Å²) in [4.78, 5) is 5.58. The molecule has 1 aromatic carbocycles. The molecule has 5 heteroatoms. The Labute approximate surface area is 123 Å². The van der Waals surface area contributed by atoms with Crippen molar-refractivity contribution in [1.82, 2.24) is 4.98 Å². The van der Waals surface area contributed by atoms with Gasteiger partial charge < -0.3 is 15.8 Å². The van der Waals surface area contributed by atoms with E-state index in [-0.39, 0.29) is 0 Å². The highest BCUT2D eigenvalue weighted by molar-refractivity contribution is 7.98. The number of benzene rings is 1. The van der Waals surface area contributed by atoms with E-state index in [0.29, 0.717) is 18.2 Å². The van der Waals surface area contributed by atoms with E-state index in [4.69, 9.17) is 10.5 Å². The number of thioether (sulfide) groups is 1. The molecule has 1 aromatic heterocycles. The molecule has 0 amide bonds. The Kier molecular flexibility index (Phi) is 5.12. The van der Waals surface area contributed by atoms with Gasteiger partial charge in [-0.3, -0.25) is 0 Å². The molecule has 0 fully saturated rings. The van der Waals surface area contributed by atoms with Crippen LogP contribution in [0.2, 0.25) is 0 Å². The lowest BCUT2D eigenvalue weighted by atomic mass is 10.3. The summed E-state index contributed by atoms with van der Waals surface area (Å²) in [5, 5.41) is 3.30. The first-order chi connectivity index (χ1) is 9.74. The van der Waals surface area contributed by atoms with Crippen LogP contribution in [0, 0.1) is 0 Å². The minimum atomic E-state index is 0.485. The van der Waals surface area contributed by atoms with Crippen molar-refractivity contribution in [1.29, 1.82) is 0 Å². The van der Waals surface area contributed by atoms with E-state index in [9.17, 15) is 0 Å². The summed E-state index contributed by atoms with van der Waals surface area (Å²) in [5.74, 6) is 1.21. The minimum absolute atomic E-state index is 0.485. The average Bonchev–Trinajstić information content (AvgIpc) is 2.48. The van der Waals surface area contributed by atoms with Crippen molar-refractivity contribution in [3.05, 3.63) is 36.4 Å². The fourth-order valence-electron chi connectivity index (χ4n) is 1.72. The lowest BCUT2D eigenvalue weighted by Crippen LogP contribution is -2.03. The largest absolute Gasteiger partial charge is 0.476 e. The SMILES string of the molecule is CCCOc1nc(Nc2ccccc2SC)ccc1N. The Morgan fingerprint density at radius 2 is 2.05 bits per heavy atom. The zero-order chi connectivity index (χ0) is 14.4. The molecule has 0 radical (unpaired) electrons. The Balaban J connectivity index is 2.20. The van der Waals surface area contributed by atoms with Crippen LogP contribution in [-0.2, 0) is 0 Å². The molecule has 0 saturated heterocycles. The highest BCUT2D eigenvalue weighted by Gasteiger charge is 2.06. The lowest BCUT2D eigenvalue weighted by molar-refractivity contribution is 0.307. The molecule has 0 unspecified atom stereocenters. The molecule has 0 spiro atoms. The summed E-state index contributed by atoms with van der Waals surface area (Å²) in [6.07, 6.45) is 2.97. The van der Waals surface area contributed by atoms with Crippen LogP contribution in [0.25, 0.3) is 0 Å². The third kappa shape index (κ3) is 3.57. The zero-order valence-corrected chi connectivity index (χ0v) is 12.5. The van der Waals surface area contributed by atoms with Crippen molar-refractivity contribution >= 4 is 29.0 Å². The van der Waals surface area contributed by atoms with Crippen molar-refractivity contribution in [2.24, 2.45) is 0 Å². The topological polar surface area (TPSA) is 60.2 Å². The summed E-state index contributed by atoms with van der Waals surface area (Å²) in [5.41, 5.74) is 7.44. The van der Waals surface area contributed by atoms with Gasteiger partial charge in [0.1, 0.15) is 5.82 Å². The highest BCUT2D eigenvalue weighted by atomic mass is 32.2. The van der Waals surface area contributed by atoms with Crippen molar-refractivity contribution in [2.75, 3.05) is 23.9 Å². The molecule has 106 valence electrons. The van der Waals surface area contributed by atoms with Crippen molar-refractivity contribution in [3.63, 3.8) is 0 Å². The molecule has 2 aromatic rings. The van der Waals surface area contributed by atoms with Crippen LogP contribution in [0.4, 0.5) is 17.2 Å². The van der Waals surface area contributed by atoms with Crippen LogP contribution >= 0.6 is 11.8 Å². The van der Waals surface area contributed by atoms with Crippen LogP contribution < -0.4 is 15.8 Å². The molecule has 20 heavy (non-hydrogen) atoms. The second-order valence-electron chi connectivity index (χ2n) is 4.26. The van der Waals surface area contributed by atoms with Crippen LogP contribution in [0.1, 0.15) is 13.3 Å². The number of nitrogens with two attached hydrogens (primary N) is 1. The van der Waals surface area contributed by atoms with E-state index in [1.165, 1.54) is 4.90 Å². The van der Waals surface area contributed by atoms with Crippen LogP contribution in [0.5, 0.6) is 5.88 Å². The van der Waals surface area contributed by atoms with Gasteiger partial charge in [-0.1, -0.05) is 19.1 Å². The van der Waals surface area contributed by atoms with Gasteiger partial charge in [0.2, 0.25) is 5.88 Å². The first-order valence-electron chi connectivity index (χ1n) is 6.54. The first kappa shape index (κ1) is 14.5. The second-order valence-corrected chi connectivity index (χ2v) is 5.11. The van der Waals surface area contributed by atoms with Crippen molar-refractivity contribution in [3.8, 4) is 5.88 Å². The fraction of sp³-hybridized carbons (Fsp3) is 0.267. The van der Waals surface area contributed by atoms with Gasteiger partial charge in [0, 0.05) is 4.90 Å². The third-order valence-corrected chi connectivity index (χ3v) is 3.50. The summed E-state index contributed by atoms with van der Waals surface area (Å²) < 4.78 is 5.54. The maximum Gasteiger partial charge on any atom is 0.239 e. The molecule has 2 rings (SSSR count). The predicted octanol–water partition coefficient (Wildman–Crippen LogP) is 3.92. The molecule has 0 aliphatic carbocycles. The number of hydrogen-bond donors (Lipinski definition) is 2. The van der Waals surface area contributed by atoms with Gasteiger partial charge in [-0.25, -0.2) is 0 Å². The summed E-state index contributed by atoms with van der Waals surface area (Å²) in [7, 11) is 0. The van der Waals surface area contributed by atoms with Crippen molar-refractivity contribution < 1.29 is 4.74 Å². The quantitative estimate of drug-likeness (QED) is 0.789. The highest BCUT2D eigenvalue weighted by Crippen LogP contribution is 2.29. The smallest absolute Gasteiger partial charge is 0.239 e. The van der Waals surface area contributed by atoms with Gasteiger partial charge in [-0.15, -0.1) is 11.8 Å². The summed E-state index contributed by atoms with van der Waals surface area (Å²) >= 11 is 1.69. The minimum Gasteiger partial charge on any atom is -0.476 e. The van der Waals surface area contributed by atoms with E-state index in [2.05, 4.69) is 16.4 Å². The maximum atomic E-state index is 5.86. The molecule has 1 heterocycles. The van der Waals surface area contributed by atoms with Gasteiger partial charge in [0.05, 0.1) is 18.0 Å². The fourth-order valence-corrected chi connectivity index (χ4v) is 2.27. The number of nitrogens with zero attached hydrogens (tertiary/aromatic N) is 1. The number of aromatic nitrogens is 1. The molecule has 0 aliphatic rings. The molecular formula is C15H19N3OS. The Hall–Kier alpha value is -1.88. The summed E-state index contributed by atoms with van der Waals surface area (Å²) in [6.45, 7) is 2.66. The van der Waals surface area contributed by atoms with E-state index < -0.39 is 0 Å². The van der Waals surface area contributed by atoms with Crippen LogP contribution in [0.15, 0.2) is 41.3 Å². The Bertz CT molecular complexity index is 575. The lowest BCUT2D eigenvalue weighted by Gasteiger charge is -2.12. The zero-order valence-electron chi connectivity index (χ0n) is 11.7. The third-order valence-electron chi connectivity index (χ3n) is 2.70. The predicted molar refractivity (Wildman–Crippen MR) is 85.9 cm³/mol. The number of pyridine rings is 1. The number of nitrogens with one attached hydrogen (secondary N) is 1. The van der Waals surface area contributed by atoms with Crippen LogP contribution in [0.3, 0.4) is 0 Å². The van der Waals surface area contributed by atoms with Gasteiger partial charge in [0.15, 0.2) is 0 Å². The number of ether oxygens (including phenoxy) is 1. The molecule has 0 saturated carbocycles. The van der Waals surface area contributed by atoms with E-state index >= 15 is 0 Å². The molecule has 0 bridgehead atoms. The van der Waals surface area contributed by atoms with Crippen molar-refractivity contribution in [2.45, 2.75) is 18.2 Å². The second kappa shape index (κ2) is 7.05. The maximum absolute atomic E-state index is 5.86. The number of rotatable bonds is 6. The monoisotopic (exact) mass is 289 g/mol. The number of nitrogen functional groups attached to an aromatic ring is 1. The molecule has 0 aliphatic heterocycles. The number of hydrogen-bond acceptors (Lipinski definition) is 5. The normalized spacial score (nSPS) is 10.3. The van der Waals surface area contributed by atoms with E-state index in [0.717, 1.165) is 17.9 Å². The van der Waals surface area contributed by atoms with Gasteiger partial charge in [0.25, 0.3) is 0 Å². The number of anilines is 3. The molecular weight excluding hydrogens is 270 g/mol. The van der Waals surface area contributed by atoms with Gasteiger partial charge in [-0.2, -0.15) is 4.98 Å². The standard InChI is InChI=1S/C15H19N3OS/c1-3-10-19-15-11(16)8-9-14(18-15)17-12-6-4-5-7-13(12)20-2/h4-9H,3,10,16H2,1-2H3,(H,17,18).